The average Bonchev–Trinajstić information content (AvgIpc) is 3.29. The molecule has 4 aromatic rings. The highest BCUT2D eigenvalue weighted by atomic mass is 16.5. The number of carbonyl (C=O) groups excluding carboxylic acids is 1. The molecule has 28 heavy (non-hydrogen) atoms. The molecule has 3 heterocycles. The van der Waals surface area contributed by atoms with Gasteiger partial charge in [-0.2, -0.15) is 4.98 Å². The molecule has 142 valence electrons. The normalized spacial score (nSPS) is 12.3. The average molecular weight is 375 g/mol. The van der Waals surface area contributed by atoms with Gasteiger partial charge in [-0.05, 0) is 57.0 Å². The Morgan fingerprint density at radius 1 is 1.25 bits per heavy atom. The number of amides is 1. The van der Waals surface area contributed by atoms with E-state index < -0.39 is 6.04 Å². The van der Waals surface area contributed by atoms with E-state index in [9.17, 15) is 4.79 Å². The SMILES string of the molecule is Cc1cc(C)c2[nH]c(C(=O)NC(C)c3nc(-c4cccnc4)no3)c(C)c2c1. The molecule has 1 atom stereocenters. The van der Waals surface area contributed by atoms with Crippen molar-refractivity contribution in [2.75, 3.05) is 0 Å². The van der Waals surface area contributed by atoms with Crippen LogP contribution in [0.4, 0.5) is 0 Å². The summed E-state index contributed by atoms with van der Waals surface area (Å²) in [5.74, 6) is 0.574. The van der Waals surface area contributed by atoms with Gasteiger partial charge in [-0.1, -0.05) is 16.8 Å². The highest BCUT2D eigenvalue weighted by molar-refractivity contribution is 6.01. The van der Waals surface area contributed by atoms with E-state index in [1.807, 2.05) is 26.8 Å². The lowest BCUT2D eigenvalue weighted by Crippen LogP contribution is -2.27. The van der Waals surface area contributed by atoms with Crippen molar-refractivity contribution in [2.45, 2.75) is 33.7 Å². The molecule has 0 bridgehead atoms. The number of rotatable bonds is 4. The van der Waals surface area contributed by atoms with Crippen LogP contribution in [0, 0.1) is 20.8 Å². The van der Waals surface area contributed by atoms with Gasteiger partial charge >= 0.3 is 0 Å². The largest absolute Gasteiger partial charge is 0.350 e. The number of carbonyl (C=O) groups is 1. The third kappa shape index (κ3) is 3.15. The number of hydrogen-bond donors (Lipinski definition) is 2. The van der Waals surface area contributed by atoms with Gasteiger partial charge in [0.25, 0.3) is 5.91 Å². The van der Waals surface area contributed by atoms with Crippen molar-refractivity contribution in [1.29, 1.82) is 0 Å². The minimum Gasteiger partial charge on any atom is -0.350 e. The molecule has 3 aromatic heterocycles. The zero-order chi connectivity index (χ0) is 19.8. The molecule has 0 aliphatic rings. The first-order valence-electron chi connectivity index (χ1n) is 9.08. The first-order valence-corrected chi connectivity index (χ1v) is 9.08. The third-order valence-electron chi connectivity index (χ3n) is 4.82. The molecule has 0 fully saturated rings. The molecule has 1 aromatic carbocycles. The standard InChI is InChI=1S/C21H21N5O2/c1-11-8-12(2)17-16(9-11)13(3)18(24-17)20(27)23-14(4)21-25-19(26-28-21)15-6-5-7-22-10-15/h5-10,14,24H,1-4H3,(H,23,27). The highest BCUT2D eigenvalue weighted by Crippen LogP contribution is 2.26. The summed E-state index contributed by atoms with van der Waals surface area (Å²) >= 11 is 0. The Kier molecular flexibility index (Phi) is 4.43. The van der Waals surface area contributed by atoms with Crippen LogP contribution in [0.2, 0.25) is 0 Å². The predicted octanol–water partition coefficient (Wildman–Crippen LogP) is 4.03. The van der Waals surface area contributed by atoms with Crippen LogP contribution in [0.3, 0.4) is 0 Å². The second kappa shape index (κ2) is 6.92. The Bertz CT molecular complexity index is 1160. The summed E-state index contributed by atoms with van der Waals surface area (Å²) in [6, 6.07) is 7.41. The minimum atomic E-state index is -0.431. The Morgan fingerprint density at radius 2 is 2.07 bits per heavy atom. The number of aromatic amines is 1. The number of hydrogen-bond acceptors (Lipinski definition) is 5. The topological polar surface area (TPSA) is 96.7 Å². The Labute approximate surface area is 162 Å². The van der Waals surface area contributed by atoms with Crippen LogP contribution < -0.4 is 5.32 Å². The van der Waals surface area contributed by atoms with Crippen molar-refractivity contribution in [3.05, 3.63) is 64.9 Å². The maximum absolute atomic E-state index is 12.8. The Morgan fingerprint density at radius 3 is 2.82 bits per heavy atom. The van der Waals surface area contributed by atoms with Gasteiger partial charge in [0, 0.05) is 28.9 Å². The number of nitrogens with zero attached hydrogens (tertiary/aromatic N) is 3. The van der Waals surface area contributed by atoms with Crippen molar-refractivity contribution in [3.8, 4) is 11.4 Å². The van der Waals surface area contributed by atoms with E-state index in [1.165, 1.54) is 5.56 Å². The van der Waals surface area contributed by atoms with E-state index in [-0.39, 0.29) is 5.91 Å². The Balaban J connectivity index is 1.57. The monoisotopic (exact) mass is 375 g/mol. The molecule has 1 unspecified atom stereocenters. The molecular formula is C21H21N5O2. The number of benzene rings is 1. The molecule has 4 rings (SSSR count). The molecule has 7 nitrogen and oxygen atoms in total. The van der Waals surface area contributed by atoms with Crippen LogP contribution in [0.1, 0.15) is 46.0 Å². The summed E-state index contributed by atoms with van der Waals surface area (Å²) in [6.07, 6.45) is 3.34. The number of H-pyrrole nitrogens is 1. The molecule has 0 spiro atoms. The fourth-order valence-corrected chi connectivity index (χ4v) is 3.36. The molecule has 7 heteroatoms. The molecule has 1 amide bonds. The fourth-order valence-electron chi connectivity index (χ4n) is 3.36. The van der Waals surface area contributed by atoms with Crippen LogP contribution >= 0.6 is 0 Å². The summed E-state index contributed by atoms with van der Waals surface area (Å²) in [5, 5.41) is 7.97. The van der Waals surface area contributed by atoms with Crippen LogP contribution in [0.15, 0.2) is 41.2 Å². The van der Waals surface area contributed by atoms with E-state index in [4.69, 9.17) is 4.52 Å². The molecule has 0 aliphatic heterocycles. The lowest BCUT2D eigenvalue weighted by molar-refractivity contribution is 0.0927. The van der Waals surface area contributed by atoms with Gasteiger partial charge in [0.05, 0.1) is 0 Å². The van der Waals surface area contributed by atoms with E-state index in [0.717, 1.165) is 27.6 Å². The van der Waals surface area contributed by atoms with Crippen LogP contribution in [0.25, 0.3) is 22.3 Å². The fraction of sp³-hybridized carbons (Fsp3) is 0.238. The zero-order valence-electron chi connectivity index (χ0n) is 16.2. The van der Waals surface area contributed by atoms with Gasteiger partial charge < -0.3 is 14.8 Å². The second-order valence-corrected chi connectivity index (χ2v) is 7.02. The number of fused-ring (bicyclic) bond motifs is 1. The van der Waals surface area contributed by atoms with Crippen molar-refractivity contribution in [1.82, 2.24) is 25.4 Å². The van der Waals surface area contributed by atoms with Crippen LogP contribution in [-0.4, -0.2) is 26.0 Å². The first-order chi connectivity index (χ1) is 13.4. The van der Waals surface area contributed by atoms with E-state index in [0.29, 0.717) is 17.4 Å². The summed E-state index contributed by atoms with van der Waals surface area (Å²) < 4.78 is 5.33. The van der Waals surface area contributed by atoms with E-state index in [1.54, 1.807) is 18.5 Å². The van der Waals surface area contributed by atoms with Gasteiger partial charge in [-0.15, -0.1) is 0 Å². The smallest absolute Gasteiger partial charge is 0.268 e. The van der Waals surface area contributed by atoms with Gasteiger partial charge in [0.15, 0.2) is 0 Å². The van der Waals surface area contributed by atoms with Gasteiger partial charge in [0.2, 0.25) is 11.7 Å². The minimum absolute atomic E-state index is 0.209. The van der Waals surface area contributed by atoms with Crippen molar-refractivity contribution < 1.29 is 9.32 Å². The number of aromatic nitrogens is 4. The lowest BCUT2D eigenvalue weighted by Gasteiger charge is -2.09. The molecule has 0 radical (unpaired) electrons. The summed E-state index contributed by atoms with van der Waals surface area (Å²) in [4.78, 5) is 24.5. The zero-order valence-corrected chi connectivity index (χ0v) is 16.2. The second-order valence-electron chi connectivity index (χ2n) is 7.02. The molecule has 0 saturated heterocycles. The highest BCUT2D eigenvalue weighted by Gasteiger charge is 2.21. The van der Waals surface area contributed by atoms with Crippen LogP contribution in [-0.2, 0) is 0 Å². The lowest BCUT2D eigenvalue weighted by atomic mass is 10.1. The molecular weight excluding hydrogens is 354 g/mol. The van der Waals surface area contributed by atoms with Gasteiger partial charge in [-0.3, -0.25) is 9.78 Å². The number of pyridine rings is 1. The van der Waals surface area contributed by atoms with E-state index in [2.05, 4.69) is 44.5 Å². The van der Waals surface area contributed by atoms with Gasteiger partial charge in [-0.25, -0.2) is 0 Å². The number of aryl methyl sites for hydroxylation is 3. The maximum atomic E-state index is 12.8. The van der Waals surface area contributed by atoms with Crippen molar-refractivity contribution in [3.63, 3.8) is 0 Å². The summed E-state index contributed by atoms with van der Waals surface area (Å²) in [7, 11) is 0. The van der Waals surface area contributed by atoms with Crippen LogP contribution in [0.5, 0.6) is 0 Å². The van der Waals surface area contributed by atoms with Gasteiger partial charge in [0.1, 0.15) is 11.7 Å². The number of nitrogens with one attached hydrogen (secondary N) is 2. The quantitative estimate of drug-likeness (QED) is 0.561. The molecule has 0 saturated carbocycles. The molecule has 2 N–H and O–H groups in total. The van der Waals surface area contributed by atoms with Crippen molar-refractivity contribution >= 4 is 16.8 Å². The first kappa shape index (κ1) is 17.9. The molecule has 0 aliphatic carbocycles. The third-order valence-corrected chi connectivity index (χ3v) is 4.82. The summed E-state index contributed by atoms with van der Waals surface area (Å²) in [5.41, 5.74) is 5.49. The maximum Gasteiger partial charge on any atom is 0.268 e. The van der Waals surface area contributed by atoms with Crippen molar-refractivity contribution in [2.24, 2.45) is 0 Å². The van der Waals surface area contributed by atoms with E-state index >= 15 is 0 Å². The Hall–Kier alpha value is -3.48. The predicted molar refractivity (Wildman–Crippen MR) is 106 cm³/mol. The summed E-state index contributed by atoms with van der Waals surface area (Å²) in [6.45, 7) is 7.85.